The predicted molar refractivity (Wildman–Crippen MR) is 102 cm³/mol. The van der Waals surface area contributed by atoms with Crippen LogP contribution in [0.2, 0.25) is 0 Å². The molecule has 3 heteroatoms. The van der Waals surface area contributed by atoms with Crippen LogP contribution in [0.5, 0.6) is 0 Å². The van der Waals surface area contributed by atoms with Gasteiger partial charge in [-0.15, -0.1) is 0 Å². The van der Waals surface area contributed by atoms with Gasteiger partial charge in [0.15, 0.2) is 0 Å². The first-order valence-corrected chi connectivity index (χ1v) is 10.5. The van der Waals surface area contributed by atoms with Gasteiger partial charge in [0.25, 0.3) is 0 Å². The summed E-state index contributed by atoms with van der Waals surface area (Å²) in [6, 6.07) is 0. The van der Waals surface area contributed by atoms with Gasteiger partial charge >= 0.3 is 5.97 Å². The molecule has 144 valence electrons. The molecule has 0 spiro atoms. The molecular formula is C21H42O3. The summed E-state index contributed by atoms with van der Waals surface area (Å²) in [6.07, 6.45) is 17.9. The average Bonchev–Trinajstić information content (AvgIpc) is 2.58. The minimum Gasteiger partial charge on any atom is -0.466 e. The number of ether oxygens (including phenoxy) is 1. The molecule has 0 aliphatic rings. The number of hydrogen-bond donors (Lipinski definition) is 1. The molecule has 0 aromatic heterocycles. The highest BCUT2D eigenvalue weighted by atomic mass is 16.5. The summed E-state index contributed by atoms with van der Waals surface area (Å²) >= 11 is 0. The lowest BCUT2D eigenvalue weighted by atomic mass is 10.0. The van der Waals surface area contributed by atoms with E-state index in [2.05, 4.69) is 6.92 Å². The number of esters is 1. The van der Waals surface area contributed by atoms with Crippen molar-refractivity contribution in [3.63, 3.8) is 0 Å². The van der Waals surface area contributed by atoms with Gasteiger partial charge in [-0.1, -0.05) is 84.5 Å². The number of aliphatic hydroxyl groups is 1. The fourth-order valence-corrected chi connectivity index (χ4v) is 2.95. The van der Waals surface area contributed by atoms with Crippen LogP contribution >= 0.6 is 0 Å². The van der Waals surface area contributed by atoms with Crippen LogP contribution in [-0.2, 0) is 9.53 Å². The van der Waals surface area contributed by atoms with Gasteiger partial charge in [-0.25, -0.2) is 0 Å². The minimum absolute atomic E-state index is 0.0412. The Morgan fingerprint density at radius 2 is 1.25 bits per heavy atom. The van der Waals surface area contributed by atoms with Crippen molar-refractivity contribution < 1.29 is 14.6 Å². The van der Waals surface area contributed by atoms with Gasteiger partial charge in [-0.3, -0.25) is 4.79 Å². The molecule has 1 unspecified atom stereocenters. The zero-order valence-corrected chi connectivity index (χ0v) is 16.4. The van der Waals surface area contributed by atoms with Crippen LogP contribution in [-0.4, -0.2) is 23.8 Å². The van der Waals surface area contributed by atoms with Crippen LogP contribution in [0, 0.1) is 0 Å². The number of rotatable bonds is 18. The van der Waals surface area contributed by atoms with Crippen LogP contribution < -0.4 is 0 Å². The molecule has 0 aliphatic carbocycles. The highest BCUT2D eigenvalue weighted by Gasteiger charge is 2.04. The molecule has 1 atom stereocenters. The fraction of sp³-hybridized carbons (Fsp3) is 0.952. The van der Waals surface area contributed by atoms with Crippen molar-refractivity contribution in [2.45, 2.75) is 123 Å². The smallest absolute Gasteiger partial charge is 0.305 e. The average molecular weight is 343 g/mol. The summed E-state index contributed by atoms with van der Waals surface area (Å²) < 4.78 is 5.06. The van der Waals surface area contributed by atoms with Gasteiger partial charge in [-0.2, -0.15) is 0 Å². The van der Waals surface area contributed by atoms with E-state index in [1.165, 1.54) is 57.8 Å². The summed E-state index contributed by atoms with van der Waals surface area (Å²) in [5.74, 6) is -0.0412. The normalized spacial score (nSPS) is 12.3. The number of carbonyl (C=O) groups excluding carboxylic acids is 1. The van der Waals surface area contributed by atoms with Crippen molar-refractivity contribution in [2.24, 2.45) is 0 Å². The maximum atomic E-state index is 11.3. The Bertz CT molecular complexity index is 266. The molecule has 0 fully saturated rings. The quantitative estimate of drug-likeness (QED) is 0.239. The van der Waals surface area contributed by atoms with E-state index in [1.807, 2.05) is 6.92 Å². The van der Waals surface area contributed by atoms with Crippen LogP contribution in [0.1, 0.15) is 117 Å². The number of carbonyl (C=O) groups is 1. The van der Waals surface area contributed by atoms with E-state index >= 15 is 0 Å². The topological polar surface area (TPSA) is 46.5 Å². The van der Waals surface area contributed by atoms with E-state index in [9.17, 15) is 9.90 Å². The Labute approximate surface area is 150 Å². The largest absolute Gasteiger partial charge is 0.466 e. The maximum absolute atomic E-state index is 11.3. The summed E-state index contributed by atoms with van der Waals surface area (Å²) in [5, 5.41) is 9.95. The second-order valence-corrected chi connectivity index (χ2v) is 7.09. The van der Waals surface area contributed by atoms with E-state index in [0.717, 1.165) is 38.5 Å². The maximum Gasteiger partial charge on any atom is 0.305 e. The molecule has 0 heterocycles. The molecule has 0 aromatic carbocycles. The fourth-order valence-electron chi connectivity index (χ4n) is 2.95. The van der Waals surface area contributed by atoms with Crippen LogP contribution in [0.4, 0.5) is 0 Å². The second kappa shape index (κ2) is 18.8. The summed E-state index contributed by atoms with van der Waals surface area (Å²) in [6.45, 7) is 4.81. The van der Waals surface area contributed by atoms with Crippen LogP contribution in [0.25, 0.3) is 0 Å². The molecule has 24 heavy (non-hydrogen) atoms. The van der Waals surface area contributed by atoms with Crippen molar-refractivity contribution in [3.8, 4) is 0 Å². The first-order valence-electron chi connectivity index (χ1n) is 10.5. The lowest BCUT2D eigenvalue weighted by molar-refractivity contribution is -0.143. The Balaban J connectivity index is 3.20. The van der Waals surface area contributed by atoms with Crippen molar-refractivity contribution in [1.29, 1.82) is 0 Å². The Morgan fingerprint density at radius 3 is 1.79 bits per heavy atom. The molecule has 0 saturated heterocycles. The monoisotopic (exact) mass is 342 g/mol. The molecule has 0 aliphatic heterocycles. The summed E-state index contributed by atoms with van der Waals surface area (Å²) in [5.41, 5.74) is 0. The molecular weight excluding hydrogens is 300 g/mol. The standard InChI is InChI=1S/C21H42O3/c1-3-5-6-10-13-16-20(22)17-14-11-8-7-9-12-15-18-21(23)24-19-4-2/h20,22H,3-19H2,1-2H3. The van der Waals surface area contributed by atoms with Crippen molar-refractivity contribution in [1.82, 2.24) is 0 Å². The SMILES string of the molecule is CCCCCCCC(O)CCCCCCCCCC(=O)OCCC. The molecule has 0 aromatic rings. The van der Waals surface area contributed by atoms with Crippen molar-refractivity contribution in [2.75, 3.05) is 6.61 Å². The van der Waals surface area contributed by atoms with Crippen molar-refractivity contribution >= 4 is 5.97 Å². The predicted octanol–water partition coefficient (Wildman–Crippen LogP) is 6.17. The number of hydrogen-bond acceptors (Lipinski definition) is 3. The zero-order valence-electron chi connectivity index (χ0n) is 16.4. The molecule has 0 radical (unpaired) electrons. The van der Waals surface area contributed by atoms with Gasteiger partial charge in [-0.05, 0) is 25.7 Å². The Hall–Kier alpha value is -0.570. The lowest BCUT2D eigenvalue weighted by Crippen LogP contribution is -2.06. The van der Waals surface area contributed by atoms with Gasteiger partial charge in [0.1, 0.15) is 0 Å². The van der Waals surface area contributed by atoms with Crippen LogP contribution in [0.3, 0.4) is 0 Å². The highest BCUT2D eigenvalue weighted by Crippen LogP contribution is 2.14. The highest BCUT2D eigenvalue weighted by molar-refractivity contribution is 5.69. The minimum atomic E-state index is -0.0826. The molecule has 0 saturated carbocycles. The Kier molecular flexibility index (Phi) is 18.3. The van der Waals surface area contributed by atoms with E-state index in [-0.39, 0.29) is 12.1 Å². The van der Waals surface area contributed by atoms with Gasteiger partial charge in [0, 0.05) is 6.42 Å². The first kappa shape index (κ1) is 23.4. The summed E-state index contributed by atoms with van der Waals surface area (Å²) in [4.78, 5) is 11.3. The van der Waals surface area contributed by atoms with E-state index in [4.69, 9.17) is 4.74 Å². The third-order valence-electron chi connectivity index (χ3n) is 4.53. The van der Waals surface area contributed by atoms with Crippen LogP contribution in [0.15, 0.2) is 0 Å². The van der Waals surface area contributed by atoms with E-state index < -0.39 is 0 Å². The first-order chi connectivity index (χ1) is 11.7. The molecule has 0 amide bonds. The van der Waals surface area contributed by atoms with E-state index in [0.29, 0.717) is 13.0 Å². The lowest BCUT2D eigenvalue weighted by Gasteiger charge is -2.10. The van der Waals surface area contributed by atoms with E-state index in [1.54, 1.807) is 0 Å². The molecule has 3 nitrogen and oxygen atoms in total. The van der Waals surface area contributed by atoms with Gasteiger partial charge in [0.05, 0.1) is 12.7 Å². The molecule has 0 bridgehead atoms. The molecule has 1 N–H and O–H groups in total. The zero-order chi connectivity index (χ0) is 17.9. The third kappa shape index (κ3) is 17.8. The van der Waals surface area contributed by atoms with Gasteiger partial charge < -0.3 is 9.84 Å². The third-order valence-corrected chi connectivity index (χ3v) is 4.53. The van der Waals surface area contributed by atoms with Gasteiger partial charge in [0.2, 0.25) is 0 Å². The number of aliphatic hydroxyl groups excluding tert-OH is 1. The second-order valence-electron chi connectivity index (χ2n) is 7.09. The number of unbranched alkanes of at least 4 members (excludes halogenated alkanes) is 10. The Morgan fingerprint density at radius 1 is 0.750 bits per heavy atom. The summed E-state index contributed by atoms with van der Waals surface area (Å²) in [7, 11) is 0. The molecule has 0 rings (SSSR count). The van der Waals surface area contributed by atoms with Crippen molar-refractivity contribution in [3.05, 3.63) is 0 Å².